The van der Waals surface area contributed by atoms with Crippen molar-refractivity contribution in [3.05, 3.63) is 50.7 Å². The Labute approximate surface area is 126 Å². The van der Waals surface area contributed by atoms with Crippen molar-refractivity contribution in [1.82, 2.24) is 10.3 Å². The highest BCUT2D eigenvalue weighted by molar-refractivity contribution is 7.11. The van der Waals surface area contributed by atoms with Crippen LogP contribution < -0.4 is 5.32 Å². The molecule has 0 fully saturated rings. The lowest BCUT2D eigenvalue weighted by Crippen LogP contribution is -2.29. The third kappa shape index (κ3) is 3.44. The summed E-state index contributed by atoms with van der Waals surface area (Å²) in [6.45, 7) is 7.59. The van der Waals surface area contributed by atoms with Gasteiger partial charge in [-0.2, -0.15) is 0 Å². The number of thiazole rings is 1. The van der Waals surface area contributed by atoms with E-state index in [-0.39, 0.29) is 11.6 Å². The molecule has 6 heteroatoms. The lowest BCUT2D eigenvalue weighted by Gasteiger charge is -2.20. The van der Waals surface area contributed by atoms with Gasteiger partial charge in [-0.1, -0.05) is 0 Å². The maximum atomic E-state index is 14.1. The van der Waals surface area contributed by atoms with Crippen LogP contribution in [0, 0.1) is 31.3 Å². The summed E-state index contributed by atoms with van der Waals surface area (Å²) in [4.78, 5) is 5.42. The summed E-state index contributed by atoms with van der Waals surface area (Å²) in [5, 5.41) is 3.80. The molecule has 2 nitrogen and oxygen atoms in total. The Bertz CT molecular complexity index is 633. The number of nitrogens with one attached hydrogen (secondary N) is 1. The van der Waals surface area contributed by atoms with Gasteiger partial charge in [-0.3, -0.25) is 0 Å². The van der Waals surface area contributed by atoms with E-state index < -0.39 is 23.5 Å². The quantitative estimate of drug-likeness (QED) is 0.853. The van der Waals surface area contributed by atoms with Gasteiger partial charge in [0.15, 0.2) is 11.6 Å². The summed E-state index contributed by atoms with van der Waals surface area (Å²) in [5.41, 5.74) is 0.921. The minimum atomic E-state index is -1.19. The number of benzene rings is 1. The van der Waals surface area contributed by atoms with E-state index in [9.17, 15) is 13.2 Å². The maximum absolute atomic E-state index is 14.1. The van der Waals surface area contributed by atoms with Crippen LogP contribution in [-0.4, -0.2) is 11.0 Å². The summed E-state index contributed by atoms with van der Waals surface area (Å²) < 4.78 is 40.6. The molecule has 1 aromatic carbocycles. The van der Waals surface area contributed by atoms with Gasteiger partial charge >= 0.3 is 0 Å². The molecule has 1 atom stereocenters. The Morgan fingerprint density at radius 1 is 1.05 bits per heavy atom. The number of halogens is 3. The van der Waals surface area contributed by atoms with Crippen molar-refractivity contribution in [2.24, 2.45) is 0 Å². The highest BCUT2D eigenvalue weighted by Gasteiger charge is 2.24. The highest BCUT2D eigenvalue weighted by atomic mass is 32.1. The number of rotatable bonds is 4. The molecule has 0 aliphatic carbocycles. The topological polar surface area (TPSA) is 24.9 Å². The van der Waals surface area contributed by atoms with Crippen molar-refractivity contribution in [2.45, 2.75) is 39.8 Å². The van der Waals surface area contributed by atoms with Gasteiger partial charge in [0.2, 0.25) is 0 Å². The summed E-state index contributed by atoms with van der Waals surface area (Å²) in [6.07, 6.45) is 0. The van der Waals surface area contributed by atoms with Crippen LogP contribution in [0.15, 0.2) is 12.1 Å². The number of aryl methyl sites for hydroxylation is 2. The van der Waals surface area contributed by atoms with Crippen molar-refractivity contribution >= 4 is 11.3 Å². The van der Waals surface area contributed by atoms with Crippen LogP contribution in [0.1, 0.15) is 41.0 Å². The second-order valence-electron chi connectivity index (χ2n) is 5.24. The van der Waals surface area contributed by atoms with Gasteiger partial charge < -0.3 is 5.32 Å². The zero-order chi connectivity index (χ0) is 15.7. The fourth-order valence-electron chi connectivity index (χ4n) is 2.01. The third-order valence-electron chi connectivity index (χ3n) is 3.14. The zero-order valence-electron chi connectivity index (χ0n) is 12.3. The molecule has 0 radical (unpaired) electrons. The first-order chi connectivity index (χ1) is 9.79. The number of hydrogen-bond acceptors (Lipinski definition) is 3. The first kappa shape index (κ1) is 16.0. The molecular formula is C15H17F3N2S. The van der Waals surface area contributed by atoms with Crippen LogP contribution in [0.25, 0.3) is 0 Å². The van der Waals surface area contributed by atoms with E-state index >= 15 is 0 Å². The average molecular weight is 314 g/mol. The first-order valence-electron chi connectivity index (χ1n) is 6.64. The number of hydrogen-bond donors (Lipinski definition) is 1. The predicted molar refractivity (Wildman–Crippen MR) is 78.0 cm³/mol. The molecule has 2 rings (SSSR count). The average Bonchev–Trinajstić information content (AvgIpc) is 2.71. The molecule has 114 valence electrons. The molecule has 0 bridgehead atoms. The summed E-state index contributed by atoms with van der Waals surface area (Å²) in [6, 6.07) is 0.911. The van der Waals surface area contributed by atoms with E-state index in [1.165, 1.54) is 11.3 Å². The van der Waals surface area contributed by atoms with Crippen molar-refractivity contribution < 1.29 is 13.2 Å². The van der Waals surface area contributed by atoms with Crippen LogP contribution in [0.2, 0.25) is 0 Å². The Hall–Kier alpha value is -1.40. The zero-order valence-corrected chi connectivity index (χ0v) is 13.1. The maximum Gasteiger partial charge on any atom is 0.161 e. The summed E-state index contributed by atoms with van der Waals surface area (Å²) in [7, 11) is 0. The standard InChI is InChI=1S/C15H17F3N2S/c1-7(2)19-14(15-20-8(3)9(4)21-15)10-5-12(17)13(18)6-11(10)16/h5-7,14,19H,1-4H3. The first-order valence-corrected chi connectivity index (χ1v) is 7.45. The van der Waals surface area contributed by atoms with Crippen molar-refractivity contribution in [2.75, 3.05) is 0 Å². The second kappa shape index (κ2) is 6.15. The fraction of sp³-hybridized carbons (Fsp3) is 0.400. The predicted octanol–water partition coefficient (Wildman–Crippen LogP) is 4.26. The third-order valence-corrected chi connectivity index (χ3v) is 4.28. The minimum Gasteiger partial charge on any atom is -0.302 e. The lowest BCUT2D eigenvalue weighted by molar-refractivity contribution is 0.468. The lowest BCUT2D eigenvalue weighted by atomic mass is 10.1. The molecule has 0 saturated heterocycles. The van der Waals surface area contributed by atoms with Crippen molar-refractivity contribution in [3.63, 3.8) is 0 Å². The highest BCUT2D eigenvalue weighted by Crippen LogP contribution is 2.30. The molecule has 1 heterocycles. The van der Waals surface area contributed by atoms with E-state index in [0.29, 0.717) is 11.1 Å². The van der Waals surface area contributed by atoms with E-state index in [4.69, 9.17) is 0 Å². The molecule has 0 saturated carbocycles. The van der Waals surface area contributed by atoms with Crippen LogP contribution in [0.3, 0.4) is 0 Å². The Morgan fingerprint density at radius 2 is 1.67 bits per heavy atom. The summed E-state index contributed by atoms with van der Waals surface area (Å²) >= 11 is 1.42. The van der Waals surface area contributed by atoms with Gasteiger partial charge in [0.05, 0.1) is 11.7 Å². The van der Waals surface area contributed by atoms with Gasteiger partial charge in [0.1, 0.15) is 10.8 Å². The van der Waals surface area contributed by atoms with Crippen LogP contribution in [0.4, 0.5) is 13.2 Å². The van der Waals surface area contributed by atoms with Crippen molar-refractivity contribution in [3.8, 4) is 0 Å². The van der Waals surface area contributed by atoms with E-state index in [1.807, 2.05) is 27.7 Å². The molecule has 0 aliphatic heterocycles. The van der Waals surface area contributed by atoms with Gasteiger partial charge in [-0.05, 0) is 33.8 Å². The molecule has 2 aromatic rings. The van der Waals surface area contributed by atoms with Crippen molar-refractivity contribution in [1.29, 1.82) is 0 Å². The Balaban J connectivity index is 2.52. The molecule has 1 N–H and O–H groups in total. The van der Waals surface area contributed by atoms with Crippen LogP contribution in [-0.2, 0) is 0 Å². The fourth-order valence-corrected chi connectivity index (χ4v) is 3.01. The molecule has 1 unspecified atom stereocenters. The molecule has 0 spiro atoms. The van der Waals surface area contributed by atoms with Crippen LogP contribution in [0.5, 0.6) is 0 Å². The van der Waals surface area contributed by atoms with Gasteiger partial charge in [0, 0.05) is 22.5 Å². The van der Waals surface area contributed by atoms with E-state index in [0.717, 1.165) is 16.6 Å². The summed E-state index contributed by atoms with van der Waals surface area (Å²) in [5.74, 6) is -3.03. The molecule has 0 amide bonds. The normalized spacial score (nSPS) is 13.0. The molecule has 21 heavy (non-hydrogen) atoms. The number of aromatic nitrogens is 1. The molecule has 1 aromatic heterocycles. The smallest absolute Gasteiger partial charge is 0.161 e. The second-order valence-corrected chi connectivity index (χ2v) is 6.47. The molecular weight excluding hydrogens is 297 g/mol. The van der Waals surface area contributed by atoms with Crippen LogP contribution >= 0.6 is 11.3 Å². The Kier molecular flexibility index (Phi) is 4.68. The minimum absolute atomic E-state index is 0.0343. The van der Waals surface area contributed by atoms with Gasteiger partial charge in [-0.25, -0.2) is 18.2 Å². The largest absolute Gasteiger partial charge is 0.302 e. The van der Waals surface area contributed by atoms with Gasteiger partial charge in [-0.15, -0.1) is 11.3 Å². The monoisotopic (exact) mass is 314 g/mol. The number of nitrogens with zero attached hydrogens (tertiary/aromatic N) is 1. The van der Waals surface area contributed by atoms with Gasteiger partial charge in [0.25, 0.3) is 0 Å². The van der Waals surface area contributed by atoms with E-state index in [2.05, 4.69) is 10.3 Å². The Morgan fingerprint density at radius 3 is 2.19 bits per heavy atom. The van der Waals surface area contributed by atoms with E-state index in [1.54, 1.807) is 0 Å². The molecule has 0 aliphatic rings. The SMILES string of the molecule is Cc1nc(C(NC(C)C)c2cc(F)c(F)cc2F)sc1C.